The highest BCUT2D eigenvalue weighted by atomic mass is 19.1. The van der Waals surface area contributed by atoms with E-state index < -0.39 is 0 Å². The Labute approximate surface area is 136 Å². The Morgan fingerprint density at radius 2 is 1.91 bits per heavy atom. The van der Waals surface area contributed by atoms with E-state index in [1.54, 1.807) is 43.9 Å². The maximum absolute atomic E-state index is 13.4. The third-order valence-corrected chi connectivity index (χ3v) is 3.89. The zero-order valence-corrected chi connectivity index (χ0v) is 14.4. The van der Waals surface area contributed by atoms with Crippen molar-refractivity contribution < 1.29 is 9.18 Å². The molecule has 2 amide bonds. The summed E-state index contributed by atoms with van der Waals surface area (Å²) in [7, 11) is 7.21. The maximum atomic E-state index is 13.4. The van der Waals surface area contributed by atoms with Crippen molar-refractivity contribution in [3.63, 3.8) is 0 Å². The highest BCUT2D eigenvalue weighted by Gasteiger charge is 2.28. The molecule has 1 saturated heterocycles. The van der Waals surface area contributed by atoms with Gasteiger partial charge in [0.05, 0.1) is 13.3 Å². The number of carbonyl (C=O) groups excluding carboxylic acids is 1. The average molecular weight is 321 g/mol. The highest BCUT2D eigenvalue weighted by Crippen LogP contribution is 2.14. The Hall–Kier alpha value is -2.31. The van der Waals surface area contributed by atoms with Crippen LogP contribution < -0.4 is 0 Å². The number of aliphatic imine (C=N–C) groups is 1. The van der Waals surface area contributed by atoms with Crippen molar-refractivity contribution in [2.24, 2.45) is 4.99 Å². The van der Waals surface area contributed by atoms with Gasteiger partial charge in [-0.25, -0.2) is 9.18 Å². The van der Waals surface area contributed by atoms with E-state index in [1.165, 1.54) is 6.07 Å². The van der Waals surface area contributed by atoms with E-state index in [0.29, 0.717) is 25.4 Å². The molecule has 1 aliphatic heterocycles. The summed E-state index contributed by atoms with van der Waals surface area (Å²) in [5.41, 5.74) is 1.65. The molecule has 0 unspecified atom stereocenters. The van der Waals surface area contributed by atoms with Crippen LogP contribution >= 0.6 is 0 Å². The number of hydrogen-bond donors (Lipinski definition) is 0. The van der Waals surface area contributed by atoms with Crippen LogP contribution in [0.3, 0.4) is 0 Å². The van der Waals surface area contributed by atoms with Crippen LogP contribution in [0.15, 0.2) is 23.2 Å². The Morgan fingerprint density at radius 3 is 2.43 bits per heavy atom. The third-order valence-electron chi connectivity index (χ3n) is 3.89. The van der Waals surface area contributed by atoms with Crippen molar-refractivity contribution in [3.8, 4) is 0 Å². The van der Waals surface area contributed by atoms with Crippen molar-refractivity contribution in [2.75, 3.05) is 41.5 Å². The first kappa shape index (κ1) is 17.1. The van der Waals surface area contributed by atoms with Crippen LogP contribution in [0.5, 0.6) is 0 Å². The van der Waals surface area contributed by atoms with Crippen LogP contribution in [-0.4, -0.2) is 73.1 Å². The lowest BCUT2D eigenvalue weighted by Crippen LogP contribution is -2.59. The van der Waals surface area contributed by atoms with Crippen molar-refractivity contribution in [1.82, 2.24) is 19.6 Å². The molecule has 0 aromatic heterocycles. The average Bonchev–Trinajstić information content (AvgIpc) is 2.49. The quantitative estimate of drug-likeness (QED) is 0.616. The number of rotatable bonds is 2. The van der Waals surface area contributed by atoms with Crippen molar-refractivity contribution in [1.29, 1.82) is 0 Å². The van der Waals surface area contributed by atoms with Gasteiger partial charge in [0.1, 0.15) is 5.82 Å². The second-order valence-electron chi connectivity index (χ2n) is 5.96. The topological polar surface area (TPSA) is 42.4 Å². The Morgan fingerprint density at radius 1 is 1.30 bits per heavy atom. The molecule has 6 nitrogen and oxygen atoms in total. The largest absolute Gasteiger partial charge is 0.341 e. The second-order valence-corrected chi connectivity index (χ2v) is 5.96. The number of aryl methyl sites for hydroxylation is 1. The second kappa shape index (κ2) is 6.85. The standard InChI is InChI=1S/C16H24FN5O/c1-12-8-13(6-7-14(12)17)9-19(3)15(18-2)22-10-20(4)16(23)21(5)11-22/h6-8H,9-11H2,1-5H3/b18-15-. The summed E-state index contributed by atoms with van der Waals surface area (Å²) in [6.07, 6.45) is 0. The van der Waals surface area contributed by atoms with Gasteiger partial charge in [-0.3, -0.25) is 4.99 Å². The first-order valence-electron chi connectivity index (χ1n) is 7.47. The number of guanidine groups is 1. The normalized spacial score (nSPS) is 16.2. The van der Waals surface area contributed by atoms with E-state index in [0.717, 1.165) is 11.5 Å². The fraction of sp³-hybridized carbons (Fsp3) is 0.500. The van der Waals surface area contributed by atoms with Gasteiger partial charge in [-0.2, -0.15) is 0 Å². The summed E-state index contributed by atoms with van der Waals surface area (Å²) in [5.74, 6) is 0.594. The summed E-state index contributed by atoms with van der Waals surface area (Å²) < 4.78 is 13.4. The summed E-state index contributed by atoms with van der Waals surface area (Å²) in [6, 6.07) is 5.11. The summed E-state index contributed by atoms with van der Waals surface area (Å²) >= 11 is 0. The van der Waals surface area contributed by atoms with Crippen LogP contribution in [0.2, 0.25) is 0 Å². The highest BCUT2D eigenvalue weighted by molar-refractivity contribution is 5.82. The minimum Gasteiger partial charge on any atom is -0.341 e. The van der Waals surface area contributed by atoms with Crippen molar-refractivity contribution >= 4 is 12.0 Å². The van der Waals surface area contributed by atoms with E-state index >= 15 is 0 Å². The minimum absolute atomic E-state index is 0.00600. The van der Waals surface area contributed by atoms with Gasteiger partial charge in [-0.05, 0) is 24.1 Å². The number of hydrogen-bond acceptors (Lipinski definition) is 2. The molecule has 0 radical (unpaired) electrons. The molecule has 0 bridgehead atoms. The molecular formula is C16H24FN5O. The molecule has 0 saturated carbocycles. The minimum atomic E-state index is -0.196. The number of urea groups is 1. The van der Waals surface area contributed by atoms with Gasteiger partial charge in [0.15, 0.2) is 5.96 Å². The van der Waals surface area contributed by atoms with Crippen molar-refractivity contribution in [2.45, 2.75) is 13.5 Å². The first-order chi connectivity index (χ1) is 10.8. The molecule has 23 heavy (non-hydrogen) atoms. The molecule has 126 valence electrons. The van der Waals surface area contributed by atoms with Gasteiger partial charge in [0.2, 0.25) is 0 Å². The van der Waals surface area contributed by atoms with Gasteiger partial charge >= 0.3 is 6.03 Å². The molecule has 0 atom stereocenters. The molecule has 2 rings (SSSR count). The first-order valence-corrected chi connectivity index (χ1v) is 7.47. The van der Waals surface area contributed by atoms with Gasteiger partial charge in [0, 0.05) is 34.7 Å². The van der Waals surface area contributed by atoms with Crippen LogP contribution in [0.1, 0.15) is 11.1 Å². The van der Waals surface area contributed by atoms with Crippen LogP contribution in [-0.2, 0) is 6.54 Å². The number of halogens is 1. The van der Waals surface area contributed by atoms with E-state index in [2.05, 4.69) is 4.99 Å². The molecule has 1 fully saturated rings. The van der Waals surface area contributed by atoms with Gasteiger partial charge in [-0.15, -0.1) is 0 Å². The number of amides is 2. The van der Waals surface area contributed by atoms with E-state index in [4.69, 9.17) is 0 Å². The van der Waals surface area contributed by atoms with E-state index in [1.807, 2.05) is 22.9 Å². The number of carbonyl (C=O) groups is 1. The molecule has 0 spiro atoms. The molecule has 1 aromatic carbocycles. The predicted molar refractivity (Wildman–Crippen MR) is 88.5 cm³/mol. The SMILES string of the molecule is C/N=C(/N(C)Cc1ccc(F)c(C)c1)N1CN(C)C(=O)N(C)C1. The molecule has 1 heterocycles. The zero-order valence-electron chi connectivity index (χ0n) is 14.4. The third kappa shape index (κ3) is 3.72. The van der Waals surface area contributed by atoms with Gasteiger partial charge in [-0.1, -0.05) is 12.1 Å². The van der Waals surface area contributed by atoms with Crippen LogP contribution in [0.4, 0.5) is 9.18 Å². The van der Waals surface area contributed by atoms with Gasteiger partial charge in [0.25, 0.3) is 0 Å². The summed E-state index contributed by atoms with van der Waals surface area (Å²) in [6.45, 7) is 3.35. The van der Waals surface area contributed by atoms with E-state index in [-0.39, 0.29) is 11.8 Å². The lowest BCUT2D eigenvalue weighted by molar-refractivity contribution is 0.0876. The lowest BCUT2D eigenvalue weighted by atomic mass is 10.1. The fourth-order valence-electron chi connectivity index (χ4n) is 2.80. The maximum Gasteiger partial charge on any atom is 0.322 e. The number of benzene rings is 1. The number of nitrogens with zero attached hydrogens (tertiary/aromatic N) is 5. The van der Waals surface area contributed by atoms with E-state index in [9.17, 15) is 9.18 Å². The fourth-order valence-corrected chi connectivity index (χ4v) is 2.80. The molecular weight excluding hydrogens is 297 g/mol. The van der Waals surface area contributed by atoms with Crippen LogP contribution in [0.25, 0.3) is 0 Å². The molecule has 1 aliphatic rings. The monoisotopic (exact) mass is 321 g/mol. The van der Waals surface area contributed by atoms with Crippen LogP contribution in [0, 0.1) is 12.7 Å². The predicted octanol–water partition coefficient (Wildman–Crippen LogP) is 1.77. The molecule has 1 aromatic rings. The smallest absolute Gasteiger partial charge is 0.322 e. The van der Waals surface area contributed by atoms with Crippen molar-refractivity contribution in [3.05, 3.63) is 35.1 Å². The Bertz CT molecular complexity index is 604. The Kier molecular flexibility index (Phi) is 5.08. The zero-order chi connectivity index (χ0) is 17.1. The molecule has 0 aliphatic carbocycles. The van der Waals surface area contributed by atoms with Gasteiger partial charge < -0.3 is 19.6 Å². The molecule has 7 heteroatoms. The summed E-state index contributed by atoms with van der Waals surface area (Å²) in [5, 5.41) is 0. The summed E-state index contributed by atoms with van der Waals surface area (Å²) in [4.78, 5) is 23.5. The Balaban J connectivity index is 2.11. The lowest BCUT2D eigenvalue weighted by Gasteiger charge is -2.42. The molecule has 0 N–H and O–H groups in total.